The van der Waals surface area contributed by atoms with E-state index >= 15 is 0 Å². The smallest absolute Gasteiger partial charge is 0.270 e. The van der Waals surface area contributed by atoms with Crippen molar-refractivity contribution in [1.29, 1.82) is 0 Å². The second-order valence-electron chi connectivity index (χ2n) is 6.62. The Kier molecular flexibility index (Phi) is 6.27. The van der Waals surface area contributed by atoms with Gasteiger partial charge < -0.3 is 15.2 Å². The van der Waals surface area contributed by atoms with Crippen molar-refractivity contribution < 1.29 is 14.6 Å². The van der Waals surface area contributed by atoms with Gasteiger partial charge >= 0.3 is 0 Å². The number of hydrogen-bond acceptors (Lipinski definition) is 4. The molecule has 0 aliphatic heterocycles. The Hall–Kier alpha value is -1.92. The molecule has 1 aromatic carbocycles. The van der Waals surface area contributed by atoms with E-state index in [1.807, 2.05) is 24.3 Å². The first-order chi connectivity index (χ1) is 12.6. The number of aliphatic hydroxyl groups is 1. The van der Waals surface area contributed by atoms with E-state index in [-0.39, 0.29) is 11.9 Å². The van der Waals surface area contributed by atoms with Gasteiger partial charge in [-0.15, -0.1) is 0 Å². The van der Waals surface area contributed by atoms with E-state index < -0.39 is 6.10 Å². The molecule has 1 aliphatic carbocycles. The van der Waals surface area contributed by atoms with Crippen molar-refractivity contribution in [2.24, 2.45) is 0 Å². The van der Waals surface area contributed by atoms with Crippen LogP contribution in [0.5, 0.6) is 5.75 Å². The molecular formula is C20H23BrN2O3. The van der Waals surface area contributed by atoms with Crippen LogP contribution in [0.25, 0.3) is 0 Å². The van der Waals surface area contributed by atoms with Gasteiger partial charge in [0.15, 0.2) is 0 Å². The average Bonchev–Trinajstić information content (AvgIpc) is 2.65. The van der Waals surface area contributed by atoms with Gasteiger partial charge in [-0.05, 0) is 36.6 Å². The summed E-state index contributed by atoms with van der Waals surface area (Å²) in [5.41, 5.74) is 2.36. The maximum Gasteiger partial charge on any atom is 0.270 e. The molecule has 0 radical (unpaired) electrons. The van der Waals surface area contributed by atoms with E-state index in [0.717, 1.165) is 41.3 Å². The van der Waals surface area contributed by atoms with Crippen molar-refractivity contribution >= 4 is 21.8 Å². The largest absolute Gasteiger partial charge is 0.495 e. The molecular weight excluding hydrogens is 396 g/mol. The van der Waals surface area contributed by atoms with Gasteiger partial charge in [0, 0.05) is 16.5 Å². The molecule has 3 rings (SSSR count). The number of carbonyl (C=O) groups excluding carboxylic acids is 1. The molecule has 1 saturated carbocycles. The summed E-state index contributed by atoms with van der Waals surface area (Å²) in [5, 5.41) is 13.0. The number of halogens is 1. The molecule has 26 heavy (non-hydrogen) atoms. The Bertz CT molecular complexity index is 764. The van der Waals surface area contributed by atoms with Crippen LogP contribution in [0, 0.1) is 0 Å². The number of pyridine rings is 1. The van der Waals surface area contributed by atoms with Gasteiger partial charge in [-0.1, -0.05) is 40.9 Å². The lowest BCUT2D eigenvalue weighted by atomic mass is 9.92. The number of aromatic nitrogens is 1. The molecule has 1 aromatic heterocycles. The average molecular weight is 419 g/mol. The summed E-state index contributed by atoms with van der Waals surface area (Å²) in [6, 6.07) is 9.60. The molecule has 138 valence electrons. The molecule has 1 fully saturated rings. The van der Waals surface area contributed by atoms with Gasteiger partial charge in [0.1, 0.15) is 11.4 Å². The number of nitrogens with zero attached hydrogens (tertiary/aromatic N) is 1. The second kappa shape index (κ2) is 8.64. The van der Waals surface area contributed by atoms with E-state index in [4.69, 9.17) is 4.74 Å². The summed E-state index contributed by atoms with van der Waals surface area (Å²) in [5.74, 6) is 0.401. The van der Waals surface area contributed by atoms with Crippen LogP contribution in [-0.2, 0) is 6.42 Å². The van der Waals surface area contributed by atoms with Gasteiger partial charge in [0.05, 0.1) is 25.5 Å². The molecule has 0 spiro atoms. The van der Waals surface area contributed by atoms with Crippen LogP contribution in [-0.4, -0.2) is 35.3 Å². The standard InChI is InChI=1S/C20H23BrN2O3/c1-26-19-12-22-17(20(25)23-16-4-2-3-5-18(16)24)11-14(19)10-13-6-8-15(21)9-7-13/h6-9,11-12,16,18,24H,2-5,10H2,1H3,(H,23,25)/t16-,18-/m0/s1. The minimum atomic E-state index is -0.479. The van der Waals surface area contributed by atoms with Crippen molar-refractivity contribution in [1.82, 2.24) is 10.3 Å². The van der Waals surface area contributed by atoms with E-state index in [0.29, 0.717) is 17.9 Å². The van der Waals surface area contributed by atoms with Crippen LogP contribution < -0.4 is 10.1 Å². The lowest BCUT2D eigenvalue weighted by Gasteiger charge is -2.28. The van der Waals surface area contributed by atoms with Crippen molar-refractivity contribution in [3.8, 4) is 5.75 Å². The Morgan fingerprint density at radius 3 is 2.73 bits per heavy atom. The highest BCUT2D eigenvalue weighted by molar-refractivity contribution is 9.10. The zero-order chi connectivity index (χ0) is 18.5. The van der Waals surface area contributed by atoms with Crippen LogP contribution in [0.15, 0.2) is 41.0 Å². The van der Waals surface area contributed by atoms with Gasteiger partial charge in [0.25, 0.3) is 5.91 Å². The van der Waals surface area contributed by atoms with Crippen LogP contribution in [0.1, 0.15) is 47.3 Å². The lowest BCUT2D eigenvalue weighted by Crippen LogP contribution is -2.45. The van der Waals surface area contributed by atoms with Crippen LogP contribution >= 0.6 is 15.9 Å². The number of benzene rings is 1. The highest BCUT2D eigenvalue weighted by atomic mass is 79.9. The third kappa shape index (κ3) is 4.62. The normalized spacial score (nSPS) is 19.8. The number of hydrogen-bond donors (Lipinski definition) is 2. The lowest BCUT2D eigenvalue weighted by molar-refractivity contribution is 0.0713. The predicted molar refractivity (Wildman–Crippen MR) is 103 cm³/mol. The highest BCUT2D eigenvalue weighted by Gasteiger charge is 2.25. The zero-order valence-corrected chi connectivity index (χ0v) is 16.3. The number of rotatable bonds is 5. The summed E-state index contributed by atoms with van der Waals surface area (Å²) in [6.07, 6.45) is 5.31. The van der Waals surface area contributed by atoms with Crippen molar-refractivity contribution in [2.75, 3.05) is 7.11 Å². The molecule has 0 unspecified atom stereocenters. The molecule has 6 heteroatoms. The molecule has 1 heterocycles. The maximum absolute atomic E-state index is 12.6. The van der Waals surface area contributed by atoms with Crippen molar-refractivity contribution in [3.63, 3.8) is 0 Å². The second-order valence-corrected chi connectivity index (χ2v) is 7.53. The third-order valence-corrected chi connectivity index (χ3v) is 5.28. The SMILES string of the molecule is COc1cnc(C(=O)N[C@H]2CCCC[C@@H]2O)cc1Cc1ccc(Br)cc1. The molecule has 1 amide bonds. The Morgan fingerprint density at radius 1 is 1.31 bits per heavy atom. The summed E-state index contributed by atoms with van der Waals surface area (Å²) in [4.78, 5) is 16.8. The van der Waals surface area contributed by atoms with Gasteiger partial charge in [-0.25, -0.2) is 4.98 Å². The first-order valence-corrected chi connectivity index (χ1v) is 9.62. The van der Waals surface area contributed by atoms with Gasteiger partial charge in [0.2, 0.25) is 0 Å². The van der Waals surface area contributed by atoms with Crippen LogP contribution in [0.2, 0.25) is 0 Å². The Labute approximate surface area is 161 Å². The van der Waals surface area contributed by atoms with Crippen LogP contribution in [0.4, 0.5) is 0 Å². The predicted octanol–water partition coefficient (Wildman–Crippen LogP) is 3.48. The van der Waals surface area contributed by atoms with E-state index in [9.17, 15) is 9.90 Å². The topological polar surface area (TPSA) is 71.5 Å². The summed E-state index contributed by atoms with van der Waals surface area (Å²) >= 11 is 3.43. The fraction of sp³-hybridized carbons (Fsp3) is 0.400. The first kappa shape index (κ1) is 18.9. The van der Waals surface area contributed by atoms with E-state index in [1.165, 1.54) is 0 Å². The summed E-state index contributed by atoms with van der Waals surface area (Å²) < 4.78 is 6.42. The summed E-state index contributed by atoms with van der Waals surface area (Å²) in [6.45, 7) is 0. The number of methoxy groups -OCH3 is 1. The Balaban J connectivity index is 1.77. The number of aliphatic hydroxyl groups excluding tert-OH is 1. The molecule has 5 nitrogen and oxygen atoms in total. The highest BCUT2D eigenvalue weighted by Crippen LogP contribution is 2.23. The van der Waals surface area contributed by atoms with Crippen molar-refractivity contribution in [3.05, 3.63) is 57.8 Å². The van der Waals surface area contributed by atoms with Gasteiger partial charge in [-0.2, -0.15) is 0 Å². The maximum atomic E-state index is 12.6. The number of carbonyl (C=O) groups is 1. The number of ether oxygens (including phenoxy) is 1. The van der Waals surface area contributed by atoms with E-state index in [1.54, 1.807) is 19.4 Å². The zero-order valence-electron chi connectivity index (χ0n) is 14.7. The molecule has 0 saturated heterocycles. The minimum Gasteiger partial charge on any atom is -0.495 e. The quantitative estimate of drug-likeness (QED) is 0.779. The molecule has 2 aromatic rings. The number of nitrogens with one attached hydrogen (secondary N) is 1. The fourth-order valence-corrected chi connectivity index (χ4v) is 3.54. The Morgan fingerprint density at radius 2 is 2.04 bits per heavy atom. The number of amides is 1. The fourth-order valence-electron chi connectivity index (χ4n) is 3.27. The molecule has 1 aliphatic rings. The minimum absolute atomic E-state index is 0.199. The monoisotopic (exact) mass is 418 g/mol. The van der Waals surface area contributed by atoms with Gasteiger partial charge in [-0.3, -0.25) is 4.79 Å². The summed E-state index contributed by atoms with van der Waals surface area (Å²) in [7, 11) is 1.60. The molecule has 0 bridgehead atoms. The molecule has 2 N–H and O–H groups in total. The van der Waals surface area contributed by atoms with E-state index in [2.05, 4.69) is 26.2 Å². The third-order valence-electron chi connectivity index (χ3n) is 4.75. The van der Waals surface area contributed by atoms with Crippen molar-refractivity contribution in [2.45, 2.75) is 44.2 Å². The molecule has 2 atom stereocenters. The first-order valence-electron chi connectivity index (χ1n) is 8.83. The van der Waals surface area contributed by atoms with Crippen LogP contribution in [0.3, 0.4) is 0 Å².